The van der Waals surface area contributed by atoms with Crippen molar-refractivity contribution in [3.05, 3.63) is 12.2 Å². The second-order valence-corrected chi connectivity index (χ2v) is 6.05. The van der Waals surface area contributed by atoms with E-state index >= 15 is 0 Å². The van der Waals surface area contributed by atoms with E-state index in [0.29, 0.717) is 6.54 Å². The summed E-state index contributed by atoms with van der Waals surface area (Å²) in [6, 6.07) is 0. The normalized spacial score (nSPS) is 37.1. The van der Waals surface area contributed by atoms with Gasteiger partial charge in [0, 0.05) is 18.9 Å². The maximum absolute atomic E-state index is 12.1. The van der Waals surface area contributed by atoms with Gasteiger partial charge in [-0.2, -0.15) is 0 Å². The predicted octanol–water partition coefficient (Wildman–Crippen LogP) is 1.82. The van der Waals surface area contributed by atoms with Crippen molar-refractivity contribution in [1.82, 2.24) is 4.90 Å². The lowest BCUT2D eigenvalue weighted by atomic mass is 9.76. The highest BCUT2D eigenvalue weighted by atomic mass is 16.6. The Labute approximate surface area is 113 Å². The fourth-order valence-corrected chi connectivity index (χ4v) is 3.66. The number of hydrogen-bond acceptors (Lipinski definition) is 3. The second kappa shape index (κ2) is 4.25. The van der Waals surface area contributed by atoms with Crippen molar-refractivity contribution in [3.8, 4) is 0 Å². The zero-order valence-corrected chi connectivity index (χ0v) is 11.9. The molecule has 2 fully saturated rings. The van der Waals surface area contributed by atoms with Gasteiger partial charge in [0.1, 0.15) is 5.60 Å². The molecule has 0 radical (unpaired) electrons. The van der Waals surface area contributed by atoms with E-state index < -0.39 is 17.0 Å². The highest BCUT2D eigenvalue weighted by Crippen LogP contribution is 2.55. The molecule has 1 heterocycles. The average molecular weight is 266 g/mol. The van der Waals surface area contributed by atoms with Gasteiger partial charge in [-0.05, 0) is 33.6 Å². The zero-order valence-electron chi connectivity index (χ0n) is 11.9. The quantitative estimate of drug-likeness (QED) is 0.789. The van der Waals surface area contributed by atoms with Crippen LogP contribution in [0.2, 0.25) is 0 Å². The van der Waals surface area contributed by atoms with Crippen LogP contribution in [0.4, 0.5) is 4.79 Å². The molecule has 19 heavy (non-hydrogen) atoms. The SMILES string of the molecule is C=C(C)[C@@H]1CC[C@@]2(C)OC(=O)N(CCC(N)=O)[C@]12C. The molecule has 1 aliphatic heterocycles. The van der Waals surface area contributed by atoms with Crippen LogP contribution in [0.3, 0.4) is 0 Å². The van der Waals surface area contributed by atoms with Gasteiger partial charge in [0.2, 0.25) is 5.91 Å². The van der Waals surface area contributed by atoms with E-state index in [4.69, 9.17) is 10.5 Å². The van der Waals surface area contributed by atoms with Crippen molar-refractivity contribution >= 4 is 12.0 Å². The Balaban J connectivity index is 2.34. The Morgan fingerprint density at radius 3 is 2.74 bits per heavy atom. The monoisotopic (exact) mass is 266 g/mol. The Morgan fingerprint density at radius 1 is 1.58 bits per heavy atom. The first-order valence-corrected chi connectivity index (χ1v) is 6.66. The van der Waals surface area contributed by atoms with E-state index in [-0.39, 0.29) is 18.4 Å². The number of ether oxygens (including phenoxy) is 1. The summed E-state index contributed by atoms with van der Waals surface area (Å²) < 4.78 is 5.59. The molecule has 0 aromatic carbocycles. The van der Waals surface area contributed by atoms with Crippen molar-refractivity contribution in [1.29, 1.82) is 0 Å². The van der Waals surface area contributed by atoms with Crippen LogP contribution in [0.25, 0.3) is 0 Å². The van der Waals surface area contributed by atoms with Gasteiger partial charge >= 0.3 is 6.09 Å². The van der Waals surface area contributed by atoms with Gasteiger partial charge in [0.15, 0.2) is 0 Å². The number of nitrogens with zero attached hydrogens (tertiary/aromatic N) is 1. The molecule has 2 rings (SSSR count). The van der Waals surface area contributed by atoms with Crippen molar-refractivity contribution in [3.63, 3.8) is 0 Å². The number of carbonyl (C=O) groups is 2. The topological polar surface area (TPSA) is 72.6 Å². The summed E-state index contributed by atoms with van der Waals surface area (Å²) in [5.41, 5.74) is 5.29. The van der Waals surface area contributed by atoms with Crippen molar-refractivity contribution in [2.75, 3.05) is 6.54 Å². The fourth-order valence-electron chi connectivity index (χ4n) is 3.66. The van der Waals surface area contributed by atoms with Crippen LogP contribution < -0.4 is 5.73 Å². The maximum Gasteiger partial charge on any atom is 0.411 e. The second-order valence-electron chi connectivity index (χ2n) is 6.05. The molecule has 1 saturated heterocycles. The minimum atomic E-state index is -0.509. The van der Waals surface area contributed by atoms with E-state index in [1.807, 2.05) is 20.8 Å². The first kappa shape index (κ1) is 13.9. The van der Waals surface area contributed by atoms with E-state index in [1.54, 1.807) is 4.90 Å². The molecule has 1 aliphatic carbocycles. The summed E-state index contributed by atoms with van der Waals surface area (Å²) in [5, 5.41) is 0. The van der Waals surface area contributed by atoms with Crippen LogP contribution in [0, 0.1) is 5.92 Å². The van der Waals surface area contributed by atoms with Gasteiger partial charge in [-0.25, -0.2) is 4.79 Å². The molecular formula is C14H22N2O3. The average Bonchev–Trinajstić information content (AvgIpc) is 2.60. The molecule has 106 valence electrons. The molecule has 0 aromatic heterocycles. The third kappa shape index (κ3) is 1.83. The summed E-state index contributed by atoms with van der Waals surface area (Å²) in [7, 11) is 0. The maximum atomic E-state index is 12.1. The van der Waals surface area contributed by atoms with E-state index in [1.165, 1.54) is 0 Å². The lowest BCUT2D eigenvalue weighted by Gasteiger charge is -2.41. The summed E-state index contributed by atoms with van der Waals surface area (Å²) in [4.78, 5) is 24.8. The van der Waals surface area contributed by atoms with Gasteiger partial charge in [-0.15, -0.1) is 0 Å². The number of amides is 2. The van der Waals surface area contributed by atoms with E-state index in [0.717, 1.165) is 18.4 Å². The highest BCUT2D eigenvalue weighted by molar-refractivity contribution is 5.77. The molecule has 2 N–H and O–H groups in total. The molecule has 1 saturated carbocycles. The minimum Gasteiger partial charge on any atom is -0.441 e. The lowest BCUT2D eigenvalue weighted by molar-refractivity contribution is -0.118. The van der Waals surface area contributed by atoms with Crippen LogP contribution in [0.15, 0.2) is 12.2 Å². The third-order valence-corrected chi connectivity index (χ3v) is 4.93. The summed E-state index contributed by atoms with van der Waals surface area (Å²) in [6.07, 6.45) is 1.57. The number of rotatable bonds is 4. The Bertz CT molecular complexity index is 448. The molecule has 0 spiro atoms. The van der Waals surface area contributed by atoms with Crippen LogP contribution >= 0.6 is 0 Å². The van der Waals surface area contributed by atoms with Gasteiger partial charge in [0.25, 0.3) is 0 Å². The summed E-state index contributed by atoms with van der Waals surface area (Å²) in [5.74, 6) is -0.216. The number of primary amides is 1. The molecule has 5 heteroatoms. The molecule has 3 atom stereocenters. The van der Waals surface area contributed by atoms with Gasteiger partial charge in [-0.3, -0.25) is 9.69 Å². The van der Waals surface area contributed by atoms with Crippen LogP contribution in [0.5, 0.6) is 0 Å². The molecule has 0 bridgehead atoms. The molecule has 2 aliphatic rings. The highest BCUT2D eigenvalue weighted by Gasteiger charge is 2.66. The molecule has 0 aromatic rings. The molecular weight excluding hydrogens is 244 g/mol. The Kier molecular flexibility index (Phi) is 3.11. The van der Waals surface area contributed by atoms with Crippen LogP contribution in [-0.2, 0) is 9.53 Å². The minimum absolute atomic E-state index is 0.156. The standard InChI is InChI=1S/C14H22N2O3/c1-9(2)10-5-7-13(3)14(10,4)16(12(18)19-13)8-6-11(15)17/h10H,1,5-8H2,2-4H3,(H2,15,17)/t10-,13+,14+/m0/s1. The summed E-state index contributed by atoms with van der Waals surface area (Å²) in [6.45, 7) is 10.3. The van der Waals surface area contributed by atoms with Gasteiger partial charge in [0.05, 0.1) is 5.54 Å². The van der Waals surface area contributed by atoms with Gasteiger partial charge < -0.3 is 10.5 Å². The zero-order chi connectivity index (χ0) is 14.4. The van der Waals surface area contributed by atoms with Crippen LogP contribution in [-0.4, -0.2) is 34.6 Å². The summed E-state index contributed by atoms with van der Waals surface area (Å²) >= 11 is 0. The van der Waals surface area contributed by atoms with Gasteiger partial charge in [-0.1, -0.05) is 12.2 Å². The number of carbonyl (C=O) groups excluding carboxylic acids is 2. The first-order chi connectivity index (χ1) is 8.72. The molecule has 2 amide bonds. The van der Waals surface area contributed by atoms with E-state index in [9.17, 15) is 9.59 Å². The van der Waals surface area contributed by atoms with Crippen molar-refractivity contribution in [2.24, 2.45) is 11.7 Å². The Hall–Kier alpha value is -1.52. The Morgan fingerprint density at radius 2 is 2.21 bits per heavy atom. The fraction of sp³-hybridized carbons (Fsp3) is 0.714. The van der Waals surface area contributed by atoms with E-state index in [2.05, 4.69) is 6.58 Å². The third-order valence-electron chi connectivity index (χ3n) is 4.93. The largest absolute Gasteiger partial charge is 0.441 e. The van der Waals surface area contributed by atoms with Crippen LogP contribution in [0.1, 0.15) is 40.0 Å². The lowest BCUT2D eigenvalue weighted by Crippen LogP contribution is -2.56. The molecule has 0 unspecified atom stereocenters. The van der Waals surface area contributed by atoms with Crippen molar-refractivity contribution < 1.29 is 14.3 Å². The van der Waals surface area contributed by atoms with Crippen molar-refractivity contribution in [2.45, 2.75) is 51.2 Å². The molecule has 5 nitrogen and oxygen atoms in total. The smallest absolute Gasteiger partial charge is 0.411 e. The predicted molar refractivity (Wildman–Crippen MR) is 71.3 cm³/mol. The first-order valence-electron chi connectivity index (χ1n) is 6.66. The number of nitrogens with two attached hydrogens (primary N) is 1. The number of fused-ring (bicyclic) bond motifs is 1. The number of hydrogen-bond donors (Lipinski definition) is 1.